The van der Waals surface area contributed by atoms with Crippen molar-refractivity contribution in [3.63, 3.8) is 0 Å². The van der Waals surface area contributed by atoms with Crippen LogP contribution in [0.5, 0.6) is 0 Å². The fraction of sp³-hybridized carbons (Fsp3) is 0.875. The van der Waals surface area contributed by atoms with Crippen LogP contribution in [-0.4, -0.2) is 29.1 Å². The Kier molecular flexibility index (Phi) is 2.36. The highest BCUT2D eigenvalue weighted by Crippen LogP contribution is 2.84. The first kappa shape index (κ1) is 14.0. The Morgan fingerprint density at radius 1 is 1.00 bits per heavy atom. The maximum absolute atomic E-state index is 13.6. The molecule has 1 saturated carbocycles. The van der Waals surface area contributed by atoms with Crippen molar-refractivity contribution in [1.82, 2.24) is 0 Å². The third-order valence-electron chi connectivity index (χ3n) is 3.61. The molecule has 2 unspecified atom stereocenters. The summed E-state index contributed by atoms with van der Waals surface area (Å²) in [5.41, 5.74) is -12.4. The minimum atomic E-state index is -6.04. The second kappa shape index (κ2) is 2.86. The summed E-state index contributed by atoms with van der Waals surface area (Å²) in [6.45, 7) is 0.110. The van der Waals surface area contributed by atoms with E-state index in [1.54, 1.807) is 0 Å². The molecule has 0 aromatic heterocycles. The highest BCUT2D eigenvalue weighted by Gasteiger charge is 3.05. The molecule has 100 valence electrons. The van der Waals surface area contributed by atoms with Crippen LogP contribution in [0.3, 0.4) is 0 Å². The molecule has 0 aromatic carbocycles. The third kappa shape index (κ3) is 1.10. The summed E-state index contributed by atoms with van der Waals surface area (Å²) in [6.07, 6.45) is -12.1. The van der Waals surface area contributed by atoms with Gasteiger partial charge in [-0.25, -0.2) is 4.39 Å². The number of carboxylic acids is 1. The minimum Gasteiger partial charge on any atom is -0.481 e. The van der Waals surface area contributed by atoms with E-state index in [2.05, 4.69) is 0 Å². The Hall–Kier alpha value is -1.02. The van der Waals surface area contributed by atoms with Crippen LogP contribution in [0.2, 0.25) is 0 Å². The van der Waals surface area contributed by atoms with Crippen LogP contribution in [0.15, 0.2) is 0 Å². The van der Waals surface area contributed by atoms with Gasteiger partial charge in [0.25, 0.3) is 0 Å². The lowest BCUT2D eigenvalue weighted by Crippen LogP contribution is -2.46. The predicted molar refractivity (Wildman–Crippen MR) is 39.8 cm³/mol. The van der Waals surface area contributed by atoms with Gasteiger partial charge in [-0.2, -0.15) is 26.3 Å². The van der Waals surface area contributed by atoms with Crippen LogP contribution in [0, 0.1) is 10.8 Å². The molecule has 0 spiro atoms. The van der Waals surface area contributed by atoms with Crippen LogP contribution in [-0.2, 0) is 4.79 Å². The molecule has 1 aliphatic carbocycles. The second-order valence-electron chi connectivity index (χ2n) is 4.18. The van der Waals surface area contributed by atoms with Crippen molar-refractivity contribution in [3.8, 4) is 0 Å². The number of carbonyl (C=O) groups is 1. The van der Waals surface area contributed by atoms with E-state index in [-0.39, 0.29) is 13.8 Å². The number of aliphatic carboxylic acids is 1. The normalized spacial score (nSPS) is 36.8. The van der Waals surface area contributed by atoms with Crippen LogP contribution >= 0.6 is 0 Å². The SMILES string of the molecule is CC1(F)C(C)(C(=O)O)C1(C(F)(F)F)C(F)(F)F. The maximum atomic E-state index is 13.6. The highest BCUT2D eigenvalue weighted by atomic mass is 19.4. The molecule has 0 radical (unpaired) electrons. The highest BCUT2D eigenvalue weighted by molar-refractivity contribution is 5.84. The molecule has 1 aliphatic rings. The largest absolute Gasteiger partial charge is 0.481 e. The number of halogens is 7. The van der Waals surface area contributed by atoms with E-state index in [0.717, 1.165) is 0 Å². The minimum absolute atomic E-state index is 0.00208. The van der Waals surface area contributed by atoms with Gasteiger partial charge in [-0.3, -0.25) is 4.79 Å². The fourth-order valence-electron chi connectivity index (χ4n) is 2.48. The molecular formula is C8H7F7O2. The number of alkyl halides is 7. The van der Waals surface area contributed by atoms with Crippen LogP contribution in [0.4, 0.5) is 30.7 Å². The van der Waals surface area contributed by atoms with Gasteiger partial charge in [0.05, 0.1) is 0 Å². The molecule has 0 amide bonds. The van der Waals surface area contributed by atoms with Crippen molar-refractivity contribution >= 4 is 5.97 Å². The zero-order valence-electron chi connectivity index (χ0n) is 8.50. The van der Waals surface area contributed by atoms with Gasteiger partial charge in [0.2, 0.25) is 5.41 Å². The van der Waals surface area contributed by atoms with E-state index in [1.807, 2.05) is 0 Å². The fourth-order valence-corrected chi connectivity index (χ4v) is 2.48. The van der Waals surface area contributed by atoms with Gasteiger partial charge in [-0.15, -0.1) is 0 Å². The zero-order valence-corrected chi connectivity index (χ0v) is 8.50. The number of rotatable bonds is 1. The summed E-state index contributed by atoms with van der Waals surface area (Å²) < 4.78 is 88.7. The Bertz CT molecular complexity index is 353. The van der Waals surface area contributed by atoms with Gasteiger partial charge in [-0.1, -0.05) is 0 Å². The van der Waals surface area contributed by atoms with Crippen LogP contribution in [0.1, 0.15) is 13.8 Å². The summed E-state index contributed by atoms with van der Waals surface area (Å²) in [6, 6.07) is 0. The topological polar surface area (TPSA) is 37.3 Å². The van der Waals surface area contributed by atoms with Crippen molar-refractivity contribution in [2.45, 2.75) is 31.9 Å². The molecule has 1 rings (SSSR count). The molecule has 2 nitrogen and oxygen atoms in total. The quantitative estimate of drug-likeness (QED) is 0.742. The van der Waals surface area contributed by atoms with Crippen molar-refractivity contribution in [2.75, 3.05) is 0 Å². The molecule has 1 N–H and O–H groups in total. The predicted octanol–water partition coefficient (Wildman–Crippen LogP) is 2.93. The zero-order chi connectivity index (χ0) is 14.1. The van der Waals surface area contributed by atoms with Crippen molar-refractivity contribution < 1.29 is 40.6 Å². The molecule has 17 heavy (non-hydrogen) atoms. The summed E-state index contributed by atoms with van der Waals surface area (Å²) in [5.74, 6) is -2.47. The smallest absolute Gasteiger partial charge is 0.407 e. The lowest BCUT2D eigenvalue weighted by Gasteiger charge is -2.25. The first-order valence-electron chi connectivity index (χ1n) is 4.25. The van der Waals surface area contributed by atoms with Crippen molar-refractivity contribution in [2.24, 2.45) is 10.8 Å². The monoisotopic (exact) mass is 268 g/mol. The summed E-state index contributed by atoms with van der Waals surface area (Å²) in [5, 5.41) is 8.47. The lowest BCUT2D eigenvalue weighted by molar-refractivity contribution is -0.320. The van der Waals surface area contributed by atoms with Crippen LogP contribution < -0.4 is 0 Å². The van der Waals surface area contributed by atoms with Crippen molar-refractivity contribution in [1.29, 1.82) is 0 Å². The van der Waals surface area contributed by atoms with E-state index < -0.39 is 34.8 Å². The molecule has 1 fully saturated rings. The lowest BCUT2D eigenvalue weighted by atomic mass is 9.93. The van der Waals surface area contributed by atoms with E-state index in [1.165, 1.54) is 0 Å². The first-order valence-corrected chi connectivity index (χ1v) is 4.25. The summed E-state index contributed by atoms with van der Waals surface area (Å²) in [7, 11) is 0. The van der Waals surface area contributed by atoms with E-state index in [0.29, 0.717) is 0 Å². The average Bonchev–Trinajstić information content (AvgIpc) is 2.39. The van der Waals surface area contributed by atoms with Crippen molar-refractivity contribution in [3.05, 3.63) is 0 Å². The molecular weight excluding hydrogens is 261 g/mol. The van der Waals surface area contributed by atoms with Gasteiger partial charge in [0.15, 0.2) is 0 Å². The maximum Gasteiger partial charge on any atom is 0.407 e. The van der Waals surface area contributed by atoms with E-state index >= 15 is 0 Å². The van der Waals surface area contributed by atoms with E-state index in [9.17, 15) is 35.5 Å². The number of hydrogen-bond acceptors (Lipinski definition) is 1. The Morgan fingerprint density at radius 2 is 1.29 bits per heavy atom. The molecule has 0 heterocycles. The third-order valence-corrected chi connectivity index (χ3v) is 3.61. The number of carboxylic acid groups (broad SMARTS) is 1. The number of hydrogen-bond donors (Lipinski definition) is 1. The Balaban J connectivity index is 3.58. The van der Waals surface area contributed by atoms with Gasteiger partial charge in [0.1, 0.15) is 11.1 Å². The first-order chi connectivity index (χ1) is 7.19. The van der Waals surface area contributed by atoms with Gasteiger partial charge >= 0.3 is 18.3 Å². The summed E-state index contributed by atoms with van der Waals surface area (Å²) in [4.78, 5) is 10.6. The molecule has 9 heteroatoms. The molecule has 0 aliphatic heterocycles. The van der Waals surface area contributed by atoms with Gasteiger partial charge < -0.3 is 5.11 Å². The van der Waals surface area contributed by atoms with Gasteiger partial charge in [-0.05, 0) is 13.8 Å². The molecule has 0 bridgehead atoms. The molecule has 0 aromatic rings. The average molecular weight is 268 g/mol. The van der Waals surface area contributed by atoms with Gasteiger partial charge in [0, 0.05) is 0 Å². The standard InChI is InChI=1S/C8H7F7O2/c1-4(3(16)17)5(2,9)6(4,7(10,11)12)8(13,14)15/h1-2H3,(H,16,17). The molecule has 0 saturated heterocycles. The molecule has 2 atom stereocenters. The van der Waals surface area contributed by atoms with E-state index in [4.69, 9.17) is 5.11 Å². The second-order valence-corrected chi connectivity index (χ2v) is 4.18. The Labute approximate surface area is 90.4 Å². The van der Waals surface area contributed by atoms with Crippen LogP contribution in [0.25, 0.3) is 0 Å². The Morgan fingerprint density at radius 3 is 1.35 bits per heavy atom. The summed E-state index contributed by atoms with van der Waals surface area (Å²) >= 11 is 0.